The molecule has 0 unspecified atom stereocenters. The average Bonchev–Trinajstić information content (AvgIpc) is 2.52. The predicted octanol–water partition coefficient (Wildman–Crippen LogP) is 3.78. The van der Waals surface area contributed by atoms with Crippen molar-refractivity contribution in [1.82, 2.24) is 10.3 Å². The number of aromatic nitrogens is 1. The van der Waals surface area contributed by atoms with Crippen LogP contribution in [0.4, 0.5) is 13.2 Å². The summed E-state index contributed by atoms with van der Waals surface area (Å²) in [6.07, 6.45) is -1.93. The van der Waals surface area contributed by atoms with Crippen LogP contribution in [0.25, 0.3) is 0 Å². The predicted molar refractivity (Wildman–Crippen MR) is 78.9 cm³/mol. The zero-order valence-electron chi connectivity index (χ0n) is 12.2. The van der Waals surface area contributed by atoms with E-state index >= 15 is 0 Å². The number of carbonyl (C=O) groups is 1. The van der Waals surface area contributed by atoms with Crippen molar-refractivity contribution in [2.24, 2.45) is 0 Å². The molecule has 2 atom stereocenters. The summed E-state index contributed by atoms with van der Waals surface area (Å²) < 4.78 is 37.7. The van der Waals surface area contributed by atoms with Crippen LogP contribution in [0.1, 0.15) is 40.4 Å². The van der Waals surface area contributed by atoms with E-state index < -0.39 is 11.7 Å². The number of rotatable bonds is 3. The van der Waals surface area contributed by atoms with Gasteiger partial charge >= 0.3 is 6.18 Å². The third kappa shape index (κ3) is 3.36. The Hall–Kier alpha value is -2.37. The Morgan fingerprint density at radius 2 is 1.83 bits per heavy atom. The largest absolute Gasteiger partial charge is 0.417 e. The highest BCUT2D eigenvalue weighted by Gasteiger charge is 2.36. The number of pyridine rings is 1. The molecular weight excluding hydrogens is 305 g/mol. The Kier molecular flexibility index (Phi) is 4.07. The highest BCUT2D eigenvalue weighted by molar-refractivity contribution is 5.94. The van der Waals surface area contributed by atoms with Crippen molar-refractivity contribution in [3.05, 3.63) is 65.5 Å². The molecule has 3 nitrogen and oxygen atoms in total. The lowest BCUT2D eigenvalue weighted by Crippen LogP contribution is -2.45. The van der Waals surface area contributed by atoms with Crippen LogP contribution in [0.3, 0.4) is 0 Å². The monoisotopic (exact) mass is 320 g/mol. The van der Waals surface area contributed by atoms with Gasteiger partial charge < -0.3 is 5.32 Å². The molecule has 120 valence electrons. The van der Waals surface area contributed by atoms with E-state index in [-0.39, 0.29) is 17.9 Å². The van der Waals surface area contributed by atoms with Gasteiger partial charge in [-0.1, -0.05) is 18.2 Å². The second kappa shape index (κ2) is 6.02. The van der Waals surface area contributed by atoms with Gasteiger partial charge in [-0.3, -0.25) is 9.78 Å². The molecule has 1 aliphatic rings. The van der Waals surface area contributed by atoms with Gasteiger partial charge in [-0.05, 0) is 37.1 Å². The summed E-state index contributed by atoms with van der Waals surface area (Å²) >= 11 is 0. The van der Waals surface area contributed by atoms with E-state index in [1.807, 2.05) is 6.07 Å². The number of nitrogens with zero attached hydrogens (tertiary/aromatic N) is 1. The molecule has 1 aromatic heterocycles. The van der Waals surface area contributed by atoms with Crippen molar-refractivity contribution in [2.45, 2.75) is 31.0 Å². The smallest absolute Gasteiger partial charge is 0.349 e. The molecule has 1 amide bonds. The van der Waals surface area contributed by atoms with Crippen LogP contribution in [0.2, 0.25) is 0 Å². The average molecular weight is 320 g/mol. The lowest BCUT2D eigenvalue weighted by molar-refractivity contribution is -0.137. The molecular formula is C17H15F3N2O. The van der Waals surface area contributed by atoms with Crippen molar-refractivity contribution in [3.63, 3.8) is 0 Å². The minimum Gasteiger partial charge on any atom is -0.349 e. The molecule has 0 saturated heterocycles. The second-order valence-electron chi connectivity index (χ2n) is 5.60. The highest BCUT2D eigenvalue weighted by Crippen LogP contribution is 2.37. The van der Waals surface area contributed by atoms with E-state index in [0.717, 1.165) is 25.1 Å². The summed E-state index contributed by atoms with van der Waals surface area (Å²) in [5.74, 6) is -0.211. The molecule has 6 heteroatoms. The van der Waals surface area contributed by atoms with Crippen molar-refractivity contribution in [1.29, 1.82) is 0 Å². The van der Waals surface area contributed by atoms with Gasteiger partial charge in [-0.25, -0.2) is 0 Å². The van der Waals surface area contributed by atoms with Crippen LogP contribution >= 0.6 is 0 Å². The van der Waals surface area contributed by atoms with Crippen LogP contribution in [-0.4, -0.2) is 16.9 Å². The fraction of sp³-hybridized carbons (Fsp3) is 0.294. The summed E-state index contributed by atoms with van der Waals surface area (Å²) in [5, 5.41) is 2.92. The number of halogens is 3. The first-order valence-corrected chi connectivity index (χ1v) is 7.34. The normalized spacial score (nSPS) is 20.7. The van der Waals surface area contributed by atoms with Crippen LogP contribution < -0.4 is 5.32 Å². The van der Waals surface area contributed by atoms with E-state index in [4.69, 9.17) is 0 Å². The van der Waals surface area contributed by atoms with Gasteiger partial charge in [0.15, 0.2) is 0 Å². The Labute approximate surface area is 131 Å². The van der Waals surface area contributed by atoms with Gasteiger partial charge in [-0.2, -0.15) is 13.2 Å². The van der Waals surface area contributed by atoms with Gasteiger partial charge in [0.1, 0.15) is 0 Å². The van der Waals surface area contributed by atoms with Gasteiger partial charge in [0.2, 0.25) is 0 Å². The van der Waals surface area contributed by atoms with Gasteiger partial charge in [-0.15, -0.1) is 0 Å². The molecule has 1 heterocycles. The zero-order chi connectivity index (χ0) is 16.4. The van der Waals surface area contributed by atoms with Crippen molar-refractivity contribution in [2.75, 3.05) is 0 Å². The maximum absolute atomic E-state index is 12.6. The van der Waals surface area contributed by atoms with Crippen molar-refractivity contribution < 1.29 is 18.0 Å². The summed E-state index contributed by atoms with van der Waals surface area (Å²) in [6.45, 7) is 0. The van der Waals surface area contributed by atoms with Crippen LogP contribution in [-0.2, 0) is 6.18 Å². The summed E-state index contributed by atoms with van der Waals surface area (Å²) in [7, 11) is 0. The van der Waals surface area contributed by atoms with Crippen molar-refractivity contribution >= 4 is 5.91 Å². The first-order chi connectivity index (χ1) is 10.9. The van der Waals surface area contributed by atoms with Gasteiger partial charge in [0.05, 0.1) is 5.56 Å². The van der Waals surface area contributed by atoms with E-state index in [1.54, 1.807) is 24.3 Å². The molecule has 0 radical (unpaired) electrons. The number of nitrogens with one attached hydrogen (secondary N) is 1. The standard InChI is InChI=1S/C17H15F3N2O/c18-17(19,20)12-6-8-14(21-10-12)13-7-9-15(13)22-16(23)11-4-2-1-3-5-11/h1-6,8,10,13,15H,7,9H2,(H,22,23)/t13-,15+/m1/s1. The Morgan fingerprint density at radius 3 is 2.35 bits per heavy atom. The van der Waals surface area contributed by atoms with Crippen molar-refractivity contribution in [3.8, 4) is 0 Å². The fourth-order valence-corrected chi connectivity index (χ4v) is 2.66. The summed E-state index contributed by atoms with van der Waals surface area (Å²) in [4.78, 5) is 16.1. The first-order valence-electron chi connectivity index (χ1n) is 7.34. The number of benzene rings is 1. The molecule has 1 fully saturated rings. The number of alkyl halides is 3. The maximum atomic E-state index is 12.6. The molecule has 0 bridgehead atoms. The lowest BCUT2D eigenvalue weighted by Gasteiger charge is -2.36. The topological polar surface area (TPSA) is 42.0 Å². The van der Waals surface area contributed by atoms with E-state index in [0.29, 0.717) is 11.3 Å². The Morgan fingerprint density at radius 1 is 1.09 bits per heavy atom. The zero-order valence-corrected chi connectivity index (χ0v) is 12.2. The molecule has 0 aliphatic heterocycles. The molecule has 1 aromatic carbocycles. The van der Waals surface area contributed by atoms with E-state index in [1.165, 1.54) is 6.07 Å². The third-order valence-electron chi connectivity index (χ3n) is 4.12. The quantitative estimate of drug-likeness (QED) is 0.935. The maximum Gasteiger partial charge on any atom is 0.417 e. The summed E-state index contributed by atoms with van der Waals surface area (Å²) in [5.41, 5.74) is 0.395. The first kappa shape index (κ1) is 15.5. The van der Waals surface area contributed by atoms with Crippen LogP contribution in [0.5, 0.6) is 0 Å². The summed E-state index contributed by atoms with van der Waals surface area (Å²) in [6, 6.07) is 11.2. The number of hydrogen-bond donors (Lipinski definition) is 1. The lowest BCUT2D eigenvalue weighted by atomic mass is 9.77. The number of amides is 1. The van der Waals surface area contributed by atoms with Gasteiger partial charge in [0.25, 0.3) is 5.91 Å². The fourth-order valence-electron chi connectivity index (χ4n) is 2.66. The Bertz CT molecular complexity index is 683. The number of carbonyl (C=O) groups excluding carboxylic acids is 1. The molecule has 1 saturated carbocycles. The minimum absolute atomic E-state index is 0.0371. The third-order valence-corrected chi connectivity index (χ3v) is 4.12. The molecule has 23 heavy (non-hydrogen) atoms. The molecule has 0 spiro atoms. The highest BCUT2D eigenvalue weighted by atomic mass is 19.4. The Balaban J connectivity index is 1.67. The van der Waals surface area contributed by atoms with Gasteiger partial charge in [0, 0.05) is 29.4 Å². The number of hydrogen-bond acceptors (Lipinski definition) is 2. The van der Waals surface area contributed by atoms with Crippen LogP contribution in [0, 0.1) is 0 Å². The molecule has 1 N–H and O–H groups in total. The minimum atomic E-state index is -4.38. The SMILES string of the molecule is O=C(N[C@H]1CC[C@@H]1c1ccc(C(F)(F)F)cn1)c1ccccc1. The molecule has 3 rings (SSSR count). The molecule has 1 aliphatic carbocycles. The van der Waals surface area contributed by atoms with Crippen LogP contribution in [0.15, 0.2) is 48.7 Å². The second-order valence-corrected chi connectivity index (χ2v) is 5.60. The van der Waals surface area contributed by atoms with E-state index in [9.17, 15) is 18.0 Å². The molecule has 2 aromatic rings. The van der Waals surface area contributed by atoms with E-state index in [2.05, 4.69) is 10.3 Å².